The molecule has 0 fully saturated rings. The number of aryl methyl sites for hydroxylation is 2. The summed E-state index contributed by atoms with van der Waals surface area (Å²) in [4.78, 5) is 0. The van der Waals surface area contributed by atoms with Crippen molar-refractivity contribution < 1.29 is 20.4 Å². The minimum absolute atomic E-state index is 0.151. The lowest BCUT2D eigenvalue weighted by atomic mass is 9.70. The third-order valence-electron chi connectivity index (χ3n) is 8.08. The fraction of sp³-hybridized carbons (Fsp3) is 0.189. The van der Waals surface area contributed by atoms with E-state index < -0.39 is 0 Å². The van der Waals surface area contributed by atoms with E-state index in [1.165, 1.54) is 5.56 Å². The van der Waals surface area contributed by atoms with E-state index in [2.05, 4.69) is 32.9 Å². The molecule has 0 spiro atoms. The molecule has 0 atom stereocenters. The molecule has 0 unspecified atom stereocenters. The van der Waals surface area contributed by atoms with Crippen molar-refractivity contribution >= 4 is 0 Å². The van der Waals surface area contributed by atoms with E-state index in [0.717, 1.165) is 33.4 Å². The first-order valence-corrected chi connectivity index (χ1v) is 13.7. The summed E-state index contributed by atoms with van der Waals surface area (Å²) in [7, 11) is 0. The van der Waals surface area contributed by atoms with Crippen LogP contribution in [-0.2, 0) is 10.8 Å². The maximum Gasteiger partial charge on any atom is 0.118 e. The van der Waals surface area contributed by atoms with Gasteiger partial charge in [0, 0.05) is 10.8 Å². The number of phenolic OH excluding ortho intramolecular Hbond substituents is 4. The number of aromatic hydroxyl groups is 4. The van der Waals surface area contributed by atoms with Gasteiger partial charge in [-0.05, 0) is 96.1 Å². The van der Waals surface area contributed by atoms with Gasteiger partial charge < -0.3 is 20.4 Å². The molecular weight excluding hydrogens is 508 g/mol. The topological polar surface area (TPSA) is 80.9 Å². The van der Waals surface area contributed by atoms with Gasteiger partial charge in [-0.1, -0.05) is 92.7 Å². The second-order valence-electron chi connectivity index (χ2n) is 11.2. The van der Waals surface area contributed by atoms with Crippen molar-refractivity contribution in [2.45, 2.75) is 45.4 Å². The van der Waals surface area contributed by atoms with E-state index in [1.807, 2.05) is 80.6 Å². The third-order valence-corrected chi connectivity index (χ3v) is 8.08. The Morgan fingerprint density at radius 3 is 1.15 bits per heavy atom. The van der Waals surface area contributed by atoms with Crippen molar-refractivity contribution in [3.8, 4) is 23.0 Å². The predicted octanol–water partition coefficient (Wildman–Crippen LogP) is 8.49. The molecule has 210 valence electrons. The van der Waals surface area contributed by atoms with Crippen LogP contribution in [0, 0.1) is 13.8 Å². The summed E-state index contributed by atoms with van der Waals surface area (Å²) in [6.45, 7) is 10.2. The molecule has 5 rings (SSSR count). The van der Waals surface area contributed by atoms with E-state index in [4.69, 9.17) is 0 Å². The molecule has 0 aliphatic rings. The molecular formula is C37H38O4. The van der Waals surface area contributed by atoms with Crippen LogP contribution in [-0.4, -0.2) is 20.4 Å². The predicted molar refractivity (Wildman–Crippen MR) is 166 cm³/mol. The van der Waals surface area contributed by atoms with Crippen LogP contribution in [0.4, 0.5) is 0 Å². The molecule has 5 aromatic carbocycles. The third kappa shape index (κ3) is 6.22. The highest BCUT2D eigenvalue weighted by Crippen LogP contribution is 2.41. The molecule has 0 aliphatic heterocycles. The molecule has 0 aliphatic carbocycles. The number of benzene rings is 5. The maximum absolute atomic E-state index is 9.90. The Hall–Kier alpha value is -4.70. The molecule has 0 aromatic heterocycles. The van der Waals surface area contributed by atoms with Gasteiger partial charge in [0.25, 0.3) is 0 Å². The maximum atomic E-state index is 9.90. The second-order valence-corrected chi connectivity index (χ2v) is 11.2. The number of phenols is 4. The second kappa shape index (κ2) is 11.8. The molecule has 5 aromatic rings. The number of hydrogen-bond donors (Lipinski definition) is 4. The standard InChI is InChI=1S/C22H22O2.C15H16O2/c1-15-13-18(9-11-20(15)23)22(3,17-7-5-4-6-8-17)19-10-12-21(24)16(2)14-19;1-15(2,11-3-7-13(16)8-4-11)12-5-9-14(17)10-6-12/h4-14,23-24H,1-3H3;3-10,16-17H,1-2H3. The molecule has 0 radical (unpaired) electrons. The van der Waals surface area contributed by atoms with Crippen LogP contribution in [0.25, 0.3) is 0 Å². The van der Waals surface area contributed by atoms with Gasteiger partial charge in [0.05, 0.1) is 0 Å². The van der Waals surface area contributed by atoms with Crippen molar-refractivity contribution in [1.29, 1.82) is 0 Å². The van der Waals surface area contributed by atoms with Crippen molar-refractivity contribution in [2.24, 2.45) is 0 Å². The van der Waals surface area contributed by atoms with Crippen molar-refractivity contribution in [1.82, 2.24) is 0 Å². The van der Waals surface area contributed by atoms with Crippen molar-refractivity contribution in [3.05, 3.63) is 154 Å². The summed E-state index contributed by atoms with van der Waals surface area (Å²) in [6.07, 6.45) is 0. The average Bonchev–Trinajstić information content (AvgIpc) is 2.97. The lowest BCUT2D eigenvalue weighted by Gasteiger charge is -2.32. The van der Waals surface area contributed by atoms with Gasteiger partial charge in [-0.3, -0.25) is 0 Å². The summed E-state index contributed by atoms with van der Waals surface area (Å²) >= 11 is 0. The Morgan fingerprint density at radius 1 is 0.415 bits per heavy atom. The number of rotatable bonds is 5. The first kappa shape index (κ1) is 29.3. The summed E-state index contributed by atoms with van der Waals surface area (Å²) in [5.74, 6) is 1.15. The zero-order valence-electron chi connectivity index (χ0n) is 24.3. The lowest BCUT2D eigenvalue weighted by Crippen LogP contribution is -2.25. The van der Waals surface area contributed by atoms with Gasteiger partial charge in [-0.25, -0.2) is 0 Å². The van der Waals surface area contributed by atoms with E-state index in [0.29, 0.717) is 11.5 Å². The van der Waals surface area contributed by atoms with E-state index in [9.17, 15) is 20.4 Å². The summed E-state index contributed by atoms with van der Waals surface area (Å²) < 4.78 is 0. The molecule has 0 saturated heterocycles. The van der Waals surface area contributed by atoms with Crippen LogP contribution < -0.4 is 0 Å². The van der Waals surface area contributed by atoms with E-state index in [1.54, 1.807) is 36.4 Å². The summed E-state index contributed by atoms with van der Waals surface area (Å²) in [5, 5.41) is 38.4. The fourth-order valence-corrected chi connectivity index (χ4v) is 5.13. The Bertz CT molecular complexity index is 1500. The Morgan fingerprint density at radius 2 is 0.780 bits per heavy atom. The Kier molecular flexibility index (Phi) is 8.44. The van der Waals surface area contributed by atoms with Crippen LogP contribution in [0.2, 0.25) is 0 Å². The zero-order chi connectivity index (χ0) is 29.8. The molecule has 0 saturated carbocycles. The highest BCUT2D eigenvalue weighted by atomic mass is 16.3. The van der Waals surface area contributed by atoms with E-state index >= 15 is 0 Å². The molecule has 0 heterocycles. The van der Waals surface area contributed by atoms with Crippen LogP contribution in [0.15, 0.2) is 115 Å². The largest absolute Gasteiger partial charge is 0.508 e. The molecule has 4 N–H and O–H groups in total. The Labute approximate surface area is 242 Å². The minimum atomic E-state index is -0.377. The molecule has 4 heteroatoms. The van der Waals surface area contributed by atoms with Gasteiger partial charge in [-0.15, -0.1) is 0 Å². The zero-order valence-corrected chi connectivity index (χ0v) is 24.3. The normalized spacial score (nSPS) is 11.4. The van der Waals surface area contributed by atoms with Gasteiger partial charge in [0.15, 0.2) is 0 Å². The van der Waals surface area contributed by atoms with Crippen LogP contribution in [0.5, 0.6) is 23.0 Å². The summed E-state index contributed by atoms with van der Waals surface area (Å²) in [5.41, 5.74) is 6.81. The first-order valence-electron chi connectivity index (χ1n) is 13.7. The average molecular weight is 547 g/mol. The van der Waals surface area contributed by atoms with Crippen molar-refractivity contribution in [3.63, 3.8) is 0 Å². The lowest BCUT2D eigenvalue weighted by molar-refractivity contribution is 0.469. The van der Waals surface area contributed by atoms with Crippen LogP contribution >= 0.6 is 0 Å². The van der Waals surface area contributed by atoms with Crippen molar-refractivity contribution in [2.75, 3.05) is 0 Å². The van der Waals surface area contributed by atoms with Gasteiger partial charge in [0.1, 0.15) is 23.0 Å². The molecule has 0 bridgehead atoms. The first-order chi connectivity index (χ1) is 19.4. The van der Waals surface area contributed by atoms with Crippen LogP contribution in [0.3, 0.4) is 0 Å². The Balaban J connectivity index is 0.000000201. The molecule has 0 amide bonds. The SMILES string of the molecule is CC(C)(c1ccc(O)cc1)c1ccc(O)cc1.Cc1cc(C(C)(c2ccccc2)c2ccc(O)c(C)c2)ccc1O. The quantitative estimate of drug-likeness (QED) is 0.167. The number of hydrogen-bond acceptors (Lipinski definition) is 4. The molecule has 41 heavy (non-hydrogen) atoms. The van der Waals surface area contributed by atoms with Gasteiger partial charge in [-0.2, -0.15) is 0 Å². The monoisotopic (exact) mass is 546 g/mol. The van der Waals surface area contributed by atoms with Crippen LogP contribution in [0.1, 0.15) is 59.7 Å². The van der Waals surface area contributed by atoms with Gasteiger partial charge in [0.2, 0.25) is 0 Å². The highest BCUT2D eigenvalue weighted by Gasteiger charge is 2.32. The molecule has 4 nitrogen and oxygen atoms in total. The fourth-order valence-electron chi connectivity index (χ4n) is 5.13. The minimum Gasteiger partial charge on any atom is -0.508 e. The summed E-state index contributed by atoms with van der Waals surface area (Å²) in [6, 6.07) is 36.3. The van der Waals surface area contributed by atoms with E-state index in [-0.39, 0.29) is 22.3 Å². The highest BCUT2D eigenvalue weighted by molar-refractivity contribution is 5.53. The van der Waals surface area contributed by atoms with Gasteiger partial charge >= 0.3 is 0 Å². The smallest absolute Gasteiger partial charge is 0.118 e.